The molecule has 0 saturated heterocycles. The zero-order valence-corrected chi connectivity index (χ0v) is 8.67. The Bertz CT molecular complexity index is 320. The van der Waals surface area contributed by atoms with Gasteiger partial charge in [-0.15, -0.1) is 0 Å². The van der Waals surface area contributed by atoms with E-state index in [9.17, 15) is 13.6 Å². The van der Waals surface area contributed by atoms with Crippen molar-refractivity contribution in [2.75, 3.05) is 0 Å². The maximum absolute atomic E-state index is 12.9. The van der Waals surface area contributed by atoms with E-state index < -0.39 is 18.1 Å². The van der Waals surface area contributed by atoms with Crippen LogP contribution in [-0.4, -0.2) is 11.7 Å². The van der Waals surface area contributed by atoms with Gasteiger partial charge >= 0.3 is 5.92 Å². The first kappa shape index (κ1) is 11.8. The van der Waals surface area contributed by atoms with Gasteiger partial charge in [-0.2, -0.15) is 8.78 Å². The highest BCUT2D eigenvalue weighted by Crippen LogP contribution is 2.21. The maximum Gasteiger partial charge on any atom is 0.305 e. The summed E-state index contributed by atoms with van der Waals surface area (Å²) in [5.41, 5.74) is 0.915. The normalized spacial score (nSPS) is 11.4. The summed E-state index contributed by atoms with van der Waals surface area (Å²) < 4.78 is 25.8. The lowest BCUT2D eigenvalue weighted by atomic mass is 10.0. The van der Waals surface area contributed by atoms with Crippen molar-refractivity contribution in [2.45, 2.75) is 32.1 Å². The van der Waals surface area contributed by atoms with Crippen molar-refractivity contribution in [3.8, 4) is 0 Å². The molecule has 1 aromatic rings. The number of rotatable bonds is 5. The summed E-state index contributed by atoms with van der Waals surface area (Å²) in [6, 6.07) is 9.18. The number of hydrogen-bond donors (Lipinski definition) is 0. The fourth-order valence-electron chi connectivity index (χ4n) is 1.28. The van der Waals surface area contributed by atoms with E-state index in [1.807, 2.05) is 30.3 Å². The number of halogens is 2. The average Bonchev–Trinajstić information content (AvgIpc) is 2.27. The lowest BCUT2D eigenvalue weighted by Gasteiger charge is -2.11. The summed E-state index contributed by atoms with van der Waals surface area (Å²) in [5.74, 6) is -4.12. The summed E-state index contributed by atoms with van der Waals surface area (Å²) in [4.78, 5) is 11.1. The van der Waals surface area contributed by atoms with E-state index in [4.69, 9.17) is 0 Å². The Morgan fingerprint density at radius 2 is 1.87 bits per heavy atom. The number of hydrogen-bond acceptors (Lipinski definition) is 1. The summed E-state index contributed by atoms with van der Waals surface area (Å²) in [5, 5.41) is 0. The molecular weight excluding hydrogens is 198 g/mol. The first-order valence-corrected chi connectivity index (χ1v) is 5.01. The molecule has 0 heterocycles. The first-order chi connectivity index (χ1) is 7.06. The fourth-order valence-corrected chi connectivity index (χ4v) is 1.28. The molecule has 0 bridgehead atoms. The molecular formula is C12H14F2O. The van der Waals surface area contributed by atoms with E-state index in [1.54, 1.807) is 0 Å². The van der Waals surface area contributed by atoms with Crippen molar-refractivity contribution in [1.29, 1.82) is 0 Å². The molecule has 0 saturated carbocycles. The van der Waals surface area contributed by atoms with Crippen LogP contribution in [0.15, 0.2) is 30.3 Å². The molecule has 0 aliphatic rings. The molecule has 1 rings (SSSR count). The zero-order chi connectivity index (χ0) is 11.3. The van der Waals surface area contributed by atoms with Gasteiger partial charge in [0.25, 0.3) is 0 Å². The zero-order valence-electron chi connectivity index (χ0n) is 8.67. The minimum Gasteiger partial charge on any atom is -0.293 e. The van der Waals surface area contributed by atoms with Crippen LogP contribution >= 0.6 is 0 Å². The SMILES string of the molecule is CCC(F)(F)C(=O)CCc1ccccc1. The highest BCUT2D eigenvalue weighted by molar-refractivity contribution is 5.85. The van der Waals surface area contributed by atoms with E-state index in [1.165, 1.54) is 6.92 Å². The van der Waals surface area contributed by atoms with Gasteiger partial charge < -0.3 is 0 Å². The molecule has 0 aliphatic carbocycles. The van der Waals surface area contributed by atoms with Crippen LogP contribution in [0, 0.1) is 0 Å². The van der Waals surface area contributed by atoms with Crippen molar-refractivity contribution >= 4 is 5.78 Å². The van der Waals surface area contributed by atoms with Gasteiger partial charge in [0, 0.05) is 12.8 Å². The Morgan fingerprint density at radius 3 is 2.40 bits per heavy atom. The second kappa shape index (κ2) is 5.01. The number of carbonyl (C=O) groups excluding carboxylic acids is 1. The third-order valence-electron chi connectivity index (χ3n) is 2.34. The van der Waals surface area contributed by atoms with Gasteiger partial charge in [-0.3, -0.25) is 4.79 Å². The lowest BCUT2D eigenvalue weighted by Crippen LogP contribution is -2.27. The van der Waals surface area contributed by atoms with E-state index in [2.05, 4.69) is 0 Å². The third-order valence-corrected chi connectivity index (χ3v) is 2.34. The molecule has 0 radical (unpaired) electrons. The molecule has 0 aliphatic heterocycles. The number of ketones is 1. The maximum atomic E-state index is 12.9. The number of alkyl halides is 2. The predicted octanol–water partition coefficient (Wildman–Crippen LogP) is 3.23. The highest BCUT2D eigenvalue weighted by Gasteiger charge is 2.35. The first-order valence-electron chi connectivity index (χ1n) is 5.01. The van der Waals surface area contributed by atoms with Gasteiger partial charge in [-0.1, -0.05) is 37.3 Å². The molecule has 0 amide bonds. The second-order valence-corrected chi connectivity index (χ2v) is 3.47. The van der Waals surface area contributed by atoms with Crippen molar-refractivity contribution in [1.82, 2.24) is 0 Å². The largest absolute Gasteiger partial charge is 0.305 e. The number of benzene rings is 1. The van der Waals surface area contributed by atoms with Gasteiger partial charge in [-0.05, 0) is 12.0 Å². The van der Waals surface area contributed by atoms with E-state index in [0.29, 0.717) is 6.42 Å². The lowest BCUT2D eigenvalue weighted by molar-refractivity contribution is -0.143. The van der Waals surface area contributed by atoms with Crippen molar-refractivity contribution in [3.05, 3.63) is 35.9 Å². The molecule has 15 heavy (non-hydrogen) atoms. The molecule has 82 valence electrons. The van der Waals surface area contributed by atoms with Gasteiger partial charge in [0.05, 0.1) is 0 Å². The third kappa shape index (κ3) is 3.42. The van der Waals surface area contributed by atoms with Crippen LogP contribution in [0.25, 0.3) is 0 Å². The number of Topliss-reactive ketones (excluding diaryl/α,β-unsaturated/α-hetero) is 1. The van der Waals surface area contributed by atoms with Gasteiger partial charge in [0.2, 0.25) is 5.78 Å². The fraction of sp³-hybridized carbons (Fsp3) is 0.417. The molecule has 0 atom stereocenters. The van der Waals surface area contributed by atoms with Crippen LogP contribution in [0.3, 0.4) is 0 Å². The Kier molecular flexibility index (Phi) is 3.95. The van der Waals surface area contributed by atoms with E-state index in [0.717, 1.165) is 5.56 Å². The van der Waals surface area contributed by atoms with Crippen molar-refractivity contribution in [3.63, 3.8) is 0 Å². The Morgan fingerprint density at radius 1 is 1.27 bits per heavy atom. The minimum absolute atomic E-state index is 0.0924. The molecule has 0 N–H and O–H groups in total. The standard InChI is InChI=1S/C12H14F2O/c1-2-12(13,14)11(15)9-8-10-6-4-3-5-7-10/h3-7H,2,8-9H2,1H3. The summed E-state index contributed by atoms with van der Waals surface area (Å²) >= 11 is 0. The van der Waals surface area contributed by atoms with Gasteiger partial charge in [-0.25, -0.2) is 0 Å². The Balaban J connectivity index is 2.48. The molecule has 1 nitrogen and oxygen atoms in total. The topological polar surface area (TPSA) is 17.1 Å². The van der Waals surface area contributed by atoms with Crippen LogP contribution < -0.4 is 0 Å². The Hall–Kier alpha value is -1.25. The van der Waals surface area contributed by atoms with Crippen LogP contribution in [0.4, 0.5) is 8.78 Å². The molecule has 0 aromatic heterocycles. The van der Waals surface area contributed by atoms with Gasteiger partial charge in [0.15, 0.2) is 0 Å². The van der Waals surface area contributed by atoms with Crippen LogP contribution in [0.5, 0.6) is 0 Å². The monoisotopic (exact) mass is 212 g/mol. The molecule has 1 aromatic carbocycles. The van der Waals surface area contributed by atoms with Crippen LogP contribution in [0.1, 0.15) is 25.3 Å². The van der Waals surface area contributed by atoms with E-state index >= 15 is 0 Å². The predicted molar refractivity (Wildman–Crippen MR) is 55.0 cm³/mol. The summed E-state index contributed by atoms with van der Waals surface area (Å²) in [6.07, 6.45) is -0.124. The van der Waals surface area contributed by atoms with Crippen molar-refractivity contribution < 1.29 is 13.6 Å². The van der Waals surface area contributed by atoms with Crippen molar-refractivity contribution in [2.24, 2.45) is 0 Å². The minimum atomic E-state index is -3.16. The second-order valence-electron chi connectivity index (χ2n) is 3.47. The van der Waals surface area contributed by atoms with Crippen LogP contribution in [-0.2, 0) is 11.2 Å². The summed E-state index contributed by atoms with van der Waals surface area (Å²) in [7, 11) is 0. The Labute approximate surface area is 88.1 Å². The number of carbonyl (C=O) groups is 1. The molecule has 0 unspecified atom stereocenters. The van der Waals surface area contributed by atoms with Crippen LogP contribution in [0.2, 0.25) is 0 Å². The highest BCUT2D eigenvalue weighted by atomic mass is 19.3. The molecule has 0 fully saturated rings. The average molecular weight is 212 g/mol. The quantitative estimate of drug-likeness (QED) is 0.732. The molecule has 0 spiro atoms. The van der Waals surface area contributed by atoms with Gasteiger partial charge in [0.1, 0.15) is 0 Å². The molecule has 3 heteroatoms. The smallest absolute Gasteiger partial charge is 0.293 e. The number of aryl methyl sites for hydroxylation is 1. The summed E-state index contributed by atoms with van der Waals surface area (Å²) in [6.45, 7) is 1.32. The van der Waals surface area contributed by atoms with E-state index in [-0.39, 0.29) is 6.42 Å².